The molecular weight excluding hydrogens is 518 g/mol. The van der Waals surface area contributed by atoms with Gasteiger partial charge in [-0.15, -0.1) is 0 Å². The van der Waals surface area contributed by atoms with E-state index in [0.29, 0.717) is 6.54 Å². The van der Waals surface area contributed by atoms with Crippen molar-refractivity contribution in [2.45, 2.75) is 30.3 Å². The van der Waals surface area contributed by atoms with Crippen LogP contribution in [0.5, 0.6) is 0 Å². The molecule has 0 radical (unpaired) electrons. The zero-order valence-corrected chi connectivity index (χ0v) is 21.0. The lowest BCUT2D eigenvalue weighted by atomic mass is 10.1. The Morgan fingerprint density at radius 2 is 1.86 bits per heavy atom. The molecule has 1 aliphatic heterocycles. The van der Waals surface area contributed by atoms with Gasteiger partial charge in [-0.2, -0.15) is 9.97 Å². The summed E-state index contributed by atoms with van der Waals surface area (Å²) in [7, 11) is -7.69. The van der Waals surface area contributed by atoms with E-state index < -0.39 is 45.6 Å². The molecule has 1 saturated heterocycles. The summed E-state index contributed by atoms with van der Waals surface area (Å²) in [6.45, 7) is 0.389. The van der Waals surface area contributed by atoms with Gasteiger partial charge in [0.2, 0.25) is 11.7 Å². The first-order valence-electron chi connectivity index (χ1n) is 10.6. The maximum Gasteiger partial charge on any atom is 0.356 e. The number of aliphatic hydroxyl groups is 2. The highest BCUT2D eigenvalue weighted by Crippen LogP contribution is 2.54. The number of aromatic nitrogens is 4. The smallest absolute Gasteiger partial charge is 0.356 e. The molecule has 1 fully saturated rings. The van der Waals surface area contributed by atoms with Crippen molar-refractivity contribution in [1.29, 1.82) is 0 Å². The minimum atomic E-state index is -5.09. The van der Waals surface area contributed by atoms with Gasteiger partial charge in [0.05, 0.1) is 6.33 Å². The molecule has 4 rings (SSSR count). The molecule has 7 N–H and O–H groups in total. The van der Waals surface area contributed by atoms with Crippen molar-refractivity contribution in [3.05, 3.63) is 42.2 Å². The van der Waals surface area contributed by atoms with Gasteiger partial charge in [-0.25, -0.2) is 4.98 Å². The number of rotatable bonds is 9. The largest absolute Gasteiger partial charge is 0.387 e. The molecule has 1 unspecified atom stereocenters. The predicted molar refractivity (Wildman–Crippen MR) is 127 cm³/mol. The van der Waals surface area contributed by atoms with Crippen molar-refractivity contribution in [3.63, 3.8) is 0 Å². The van der Waals surface area contributed by atoms with Crippen LogP contribution in [0, 0.1) is 0 Å². The molecule has 2 aromatic heterocycles. The third-order valence-electron chi connectivity index (χ3n) is 5.58. The van der Waals surface area contributed by atoms with Gasteiger partial charge in [-0.3, -0.25) is 13.7 Å². The quantitative estimate of drug-likeness (QED) is 0.179. The third-order valence-corrected chi connectivity index (χ3v) is 7.26. The number of anilines is 2. The number of imidazole rings is 1. The van der Waals surface area contributed by atoms with E-state index in [9.17, 15) is 34.0 Å². The first-order valence-corrected chi connectivity index (χ1v) is 14.3. The molecule has 0 amide bonds. The lowest BCUT2D eigenvalue weighted by molar-refractivity contribution is -0.152. The Morgan fingerprint density at radius 3 is 2.44 bits per heavy atom. The van der Waals surface area contributed by atoms with Crippen LogP contribution in [0.2, 0.25) is 0 Å². The highest BCUT2D eigenvalue weighted by molar-refractivity contribution is 7.52. The minimum absolute atomic E-state index is 0.0231. The molecule has 3 heterocycles. The Balaban J connectivity index is 1.83. The summed E-state index contributed by atoms with van der Waals surface area (Å²) in [6, 6.07) is 9.43. The first-order chi connectivity index (χ1) is 16.9. The van der Waals surface area contributed by atoms with Gasteiger partial charge in [0.25, 0.3) is 0 Å². The van der Waals surface area contributed by atoms with Crippen LogP contribution in [0.4, 0.5) is 11.8 Å². The van der Waals surface area contributed by atoms with E-state index in [1.165, 1.54) is 0 Å². The topological polar surface area (TPSA) is 221 Å². The summed E-state index contributed by atoms with van der Waals surface area (Å²) in [6.07, 6.45) is -2.93. The summed E-state index contributed by atoms with van der Waals surface area (Å²) >= 11 is 0. The SMILES string of the molecule is CNc1nc(NCc2ccccc2)c2ncn([C@]3(COP(C)(=O)O)O[C@H](P(=O)(O)O)[C@H](O)[C@@H]3O)c2n1. The van der Waals surface area contributed by atoms with Crippen LogP contribution in [0.1, 0.15) is 5.56 Å². The van der Waals surface area contributed by atoms with Gasteiger partial charge in [-0.05, 0) is 5.56 Å². The fraction of sp³-hybridized carbons (Fsp3) is 0.421. The van der Waals surface area contributed by atoms with E-state index in [1.807, 2.05) is 30.3 Å². The normalized spacial score (nSPS) is 26.1. The fourth-order valence-electron chi connectivity index (χ4n) is 3.83. The van der Waals surface area contributed by atoms with E-state index in [2.05, 4.69) is 25.6 Å². The Labute approximate surface area is 204 Å². The average molecular weight is 544 g/mol. The van der Waals surface area contributed by atoms with E-state index in [-0.39, 0.29) is 22.9 Å². The first kappa shape index (κ1) is 26.6. The van der Waals surface area contributed by atoms with Gasteiger partial charge >= 0.3 is 15.2 Å². The number of fused-ring (bicyclic) bond motifs is 1. The van der Waals surface area contributed by atoms with Gasteiger partial charge in [0.1, 0.15) is 18.8 Å². The fourth-order valence-corrected chi connectivity index (χ4v) is 5.14. The molecule has 1 aliphatic rings. The van der Waals surface area contributed by atoms with Crippen molar-refractivity contribution in [2.24, 2.45) is 0 Å². The van der Waals surface area contributed by atoms with Crippen LogP contribution in [0.3, 0.4) is 0 Å². The Hall–Kier alpha value is -2.45. The predicted octanol–water partition coefficient (Wildman–Crippen LogP) is 0.220. The van der Waals surface area contributed by atoms with E-state index >= 15 is 0 Å². The molecule has 0 saturated carbocycles. The average Bonchev–Trinajstić information content (AvgIpc) is 3.36. The van der Waals surface area contributed by atoms with Crippen molar-refractivity contribution in [1.82, 2.24) is 19.5 Å². The lowest BCUT2D eigenvalue weighted by Gasteiger charge is -2.33. The van der Waals surface area contributed by atoms with Gasteiger partial charge in [0, 0.05) is 20.3 Å². The molecule has 36 heavy (non-hydrogen) atoms. The molecule has 0 aliphatic carbocycles. The molecular formula is C19H26N6O9P2. The molecule has 0 bridgehead atoms. The van der Waals surface area contributed by atoms with Crippen LogP contribution in [0.15, 0.2) is 36.7 Å². The van der Waals surface area contributed by atoms with Crippen molar-refractivity contribution in [2.75, 3.05) is 31.0 Å². The molecule has 17 heteroatoms. The van der Waals surface area contributed by atoms with Gasteiger partial charge in [-0.1, -0.05) is 30.3 Å². The highest BCUT2D eigenvalue weighted by atomic mass is 31.2. The number of aliphatic hydroxyl groups excluding tert-OH is 2. The number of hydrogen-bond acceptors (Lipinski definition) is 11. The molecule has 0 spiro atoms. The maximum absolute atomic E-state index is 12.0. The number of nitrogens with one attached hydrogen (secondary N) is 2. The van der Waals surface area contributed by atoms with E-state index in [0.717, 1.165) is 23.1 Å². The Kier molecular flexibility index (Phi) is 7.23. The summed E-state index contributed by atoms with van der Waals surface area (Å²) in [4.78, 5) is 42.0. The minimum Gasteiger partial charge on any atom is -0.387 e. The summed E-state index contributed by atoms with van der Waals surface area (Å²) in [5, 5.41) is 27.3. The number of ether oxygens (including phenoxy) is 1. The number of benzene rings is 1. The number of hydrogen-bond donors (Lipinski definition) is 7. The second-order valence-corrected chi connectivity index (χ2v) is 11.8. The highest BCUT2D eigenvalue weighted by Gasteiger charge is 2.61. The van der Waals surface area contributed by atoms with Crippen LogP contribution < -0.4 is 10.6 Å². The van der Waals surface area contributed by atoms with Gasteiger partial charge < -0.3 is 44.8 Å². The van der Waals surface area contributed by atoms with Crippen LogP contribution in [0.25, 0.3) is 11.2 Å². The number of nitrogens with zero attached hydrogens (tertiary/aromatic N) is 4. The lowest BCUT2D eigenvalue weighted by Crippen LogP contribution is -2.49. The third kappa shape index (κ3) is 5.16. The van der Waals surface area contributed by atoms with Crippen molar-refractivity contribution in [3.8, 4) is 0 Å². The van der Waals surface area contributed by atoms with E-state index in [1.54, 1.807) is 7.05 Å². The van der Waals surface area contributed by atoms with Crippen molar-refractivity contribution >= 4 is 38.1 Å². The second-order valence-electron chi connectivity index (χ2n) is 8.23. The van der Waals surface area contributed by atoms with E-state index in [4.69, 9.17) is 9.26 Å². The maximum atomic E-state index is 12.0. The Bertz CT molecular complexity index is 1330. The summed E-state index contributed by atoms with van der Waals surface area (Å²) < 4.78 is 35.5. The molecule has 5 atom stereocenters. The van der Waals surface area contributed by atoms with Crippen molar-refractivity contribution < 1.29 is 43.3 Å². The monoisotopic (exact) mass is 544 g/mol. The molecule has 196 valence electrons. The molecule has 15 nitrogen and oxygen atoms in total. The van der Waals surface area contributed by atoms with Crippen LogP contribution in [-0.4, -0.2) is 82.8 Å². The summed E-state index contributed by atoms with van der Waals surface area (Å²) in [5.74, 6) is -1.74. The zero-order chi connectivity index (χ0) is 26.3. The molecule has 1 aromatic carbocycles. The standard InChI is InChI=1S/C19H26N6O9P2/c1-20-18-23-15(21-8-11-6-4-3-5-7-11)12-16(24-18)25(10-22-12)19(9-33-35(2,28)29)14(27)13(26)17(34-19)36(30,31)32/h3-7,10,13-14,17,26-27H,8-9H2,1-2H3,(H,28,29)(H2,30,31,32)(H2,20,21,23,24)/t13-,14+,17-,19-/m1/s1. The zero-order valence-electron chi connectivity index (χ0n) is 19.2. The molecule has 3 aromatic rings. The van der Waals surface area contributed by atoms with Gasteiger partial charge in [0.15, 0.2) is 22.8 Å². The van der Waals surface area contributed by atoms with Crippen LogP contribution >= 0.6 is 15.2 Å². The van der Waals surface area contributed by atoms with Crippen LogP contribution in [-0.2, 0) is 30.7 Å². The second kappa shape index (κ2) is 9.78. The summed E-state index contributed by atoms with van der Waals surface area (Å²) in [5.41, 5.74) is -1.11. The Morgan fingerprint density at radius 1 is 1.17 bits per heavy atom.